The Hall–Kier alpha value is -9.33. The van der Waals surface area contributed by atoms with Crippen LogP contribution in [0.3, 0.4) is 0 Å². The molecular formula is C58H77N11O15. The summed E-state index contributed by atoms with van der Waals surface area (Å²) in [4.78, 5) is 124. The molecule has 1 heterocycles. The Morgan fingerprint density at radius 1 is 0.655 bits per heavy atom. The van der Waals surface area contributed by atoms with Crippen molar-refractivity contribution in [3.05, 3.63) is 76.9 Å². The average molecular weight is 1170 g/mol. The fraction of sp³-hybridized carbons (Fsp3) is 0.500. The minimum absolute atomic E-state index is 0.0277. The number of amides is 9. The zero-order valence-corrected chi connectivity index (χ0v) is 49.5. The molecule has 1 aliphatic heterocycles. The van der Waals surface area contributed by atoms with E-state index in [1.807, 2.05) is 6.07 Å². The van der Waals surface area contributed by atoms with Gasteiger partial charge in [-0.25, -0.2) is 14.4 Å². The van der Waals surface area contributed by atoms with Crippen LogP contribution in [0.25, 0.3) is 11.1 Å². The SMILES string of the molecule is Cc1ccc(C(=O)N[C@@H](CCNC(=O)OC(C)(C)C)C(=O)N(C)[C@@H]2C(=O)N[C@@H](C)C(=O)N[C@H](C(=O)NCC#N)Cc3ccc(OCCNC(=O)OC(C)(C)C)c(c3)-c3cc2ccc3OCCNC(=O)OC(C)(C)C)c(OCC(=O)NCC#N)c1. The van der Waals surface area contributed by atoms with Gasteiger partial charge in [0.25, 0.3) is 11.8 Å². The highest BCUT2D eigenvalue weighted by Gasteiger charge is 2.37. The molecule has 26 heteroatoms. The maximum atomic E-state index is 15.3. The van der Waals surface area contributed by atoms with Crippen molar-refractivity contribution in [2.75, 3.05) is 59.6 Å². The lowest BCUT2D eigenvalue weighted by Gasteiger charge is -2.33. The van der Waals surface area contributed by atoms with Gasteiger partial charge < -0.3 is 75.9 Å². The van der Waals surface area contributed by atoms with Crippen LogP contribution in [0.2, 0.25) is 0 Å². The summed E-state index contributed by atoms with van der Waals surface area (Å²) in [6, 6.07) is 11.7. The van der Waals surface area contributed by atoms with Gasteiger partial charge >= 0.3 is 18.3 Å². The monoisotopic (exact) mass is 1170 g/mol. The molecule has 0 saturated carbocycles. The van der Waals surface area contributed by atoms with E-state index in [1.54, 1.807) is 106 Å². The number of aryl methyl sites for hydroxylation is 1. The van der Waals surface area contributed by atoms with Crippen LogP contribution in [0.15, 0.2) is 54.6 Å². The topological polar surface area (TPSA) is 356 Å². The lowest BCUT2D eigenvalue weighted by molar-refractivity contribution is -0.141. The summed E-state index contributed by atoms with van der Waals surface area (Å²) in [5.74, 6) is -4.54. The molecule has 9 amide bonds. The van der Waals surface area contributed by atoms with E-state index >= 15 is 9.59 Å². The Kier molecular flexibility index (Phi) is 24.5. The van der Waals surface area contributed by atoms with E-state index in [0.717, 1.165) is 4.90 Å². The van der Waals surface area contributed by atoms with Crippen LogP contribution in [0, 0.1) is 29.6 Å². The van der Waals surface area contributed by atoms with Gasteiger partial charge in [-0.2, -0.15) is 10.5 Å². The van der Waals surface area contributed by atoms with Crippen LogP contribution in [-0.4, -0.2) is 153 Å². The Morgan fingerprint density at radius 3 is 1.75 bits per heavy atom. The van der Waals surface area contributed by atoms with Gasteiger partial charge in [-0.15, -0.1) is 0 Å². The van der Waals surface area contributed by atoms with Crippen molar-refractivity contribution in [1.29, 1.82) is 10.5 Å². The molecule has 0 aliphatic carbocycles. The van der Waals surface area contributed by atoms with Crippen LogP contribution >= 0.6 is 0 Å². The molecular weight excluding hydrogens is 1090 g/mol. The molecule has 0 saturated heterocycles. The van der Waals surface area contributed by atoms with Gasteiger partial charge in [0, 0.05) is 31.1 Å². The highest BCUT2D eigenvalue weighted by Crippen LogP contribution is 2.40. The first-order valence-electron chi connectivity index (χ1n) is 27.0. The molecule has 3 aromatic rings. The van der Waals surface area contributed by atoms with E-state index in [-0.39, 0.29) is 86.2 Å². The molecule has 3 aromatic carbocycles. The number of carbonyl (C=O) groups is 9. The van der Waals surface area contributed by atoms with Crippen molar-refractivity contribution >= 4 is 53.7 Å². The quantitative estimate of drug-likeness (QED) is 0.0426. The number of ether oxygens (including phenoxy) is 6. The Bertz CT molecular complexity index is 2970. The summed E-state index contributed by atoms with van der Waals surface area (Å²) in [7, 11) is 1.29. The van der Waals surface area contributed by atoms with Crippen molar-refractivity contribution < 1.29 is 71.6 Å². The highest BCUT2D eigenvalue weighted by molar-refractivity contribution is 6.01. The molecule has 0 radical (unpaired) electrons. The summed E-state index contributed by atoms with van der Waals surface area (Å²) < 4.78 is 34.6. The van der Waals surface area contributed by atoms with E-state index in [1.165, 1.54) is 38.2 Å². The molecule has 26 nitrogen and oxygen atoms in total. The van der Waals surface area contributed by atoms with Crippen molar-refractivity contribution in [1.82, 2.24) is 47.4 Å². The number of rotatable bonds is 21. The molecule has 0 spiro atoms. The second-order valence-electron chi connectivity index (χ2n) is 22.3. The maximum absolute atomic E-state index is 15.3. The third-order valence-electron chi connectivity index (χ3n) is 11.7. The largest absolute Gasteiger partial charge is 0.491 e. The predicted octanol–water partition coefficient (Wildman–Crippen LogP) is 3.89. The second kappa shape index (κ2) is 30.6. The molecule has 0 aromatic heterocycles. The summed E-state index contributed by atoms with van der Waals surface area (Å²) in [6.45, 7) is 16.5. The molecule has 4 bridgehead atoms. The van der Waals surface area contributed by atoms with Crippen molar-refractivity contribution in [2.24, 2.45) is 0 Å². The third-order valence-corrected chi connectivity index (χ3v) is 11.7. The number of nitrogens with zero attached hydrogens (tertiary/aromatic N) is 3. The first-order valence-corrected chi connectivity index (χ1v) is 27.0. The van der Waals surface area contributed by atoms with Gasteiger partial charge in [0.05, 0.1) is 30.8 Å². The number of benzene rings is 3. The van der Waals surface area contributed by atoms with Gasteiger partial charge in [0.1, 0.15) is 84.5 Å². The molecule has 4 atom stereocenters. The molecule has 454 valence electrons. The average Bonchev–Trinajstić information content (AvgIpc) is 1.66. The van der Waals surface area contributed by atoms with E-state index in [2.05, 4.69) is 42.5 Å². The van der Waals surface area contributed by atoms with E-state index in [0.29, 0.717) is 16.7 Å². The van der Waals surface area contributed by atoms with E-state index in [9.17, 15) is 38.8 Å². The van der Waals surface area contributed by atoms with Gasteiger partial charge in [0.2, 0.25) is 23.6 Å². The van der Waals surface area contributed by atoms with Crippen molar-refractivity contribution in [2.45, 2.75) is 130 Å². The molecule has 0 fully saturated rings. The Morgan fingerprint density at radius 2 is 1.19 bits per heavy atom. The van der Waals surface area contributed by atoms with Gasteiger partial charge in [-0.1, -0.05) is 18.2 Å². The molecule has 4 rings (SSSR count). The smallest absolute Gasteiger partial charge is 0.407 e. The minimum Gasteiger partial charge on any atom is -0.491 e. The van der Waals surface area contributed by atoms with Crippen molar-refractivity contribution in [3.8, 4) is 40.5 Å². The van der Waals surface area contributed by atoms with Crippen molar-refractivity contribution in [3.63, 3.8) is 0 Å². The third kappa shape index (κ3) is 22.2. The van der Waals surface area contributed by atoms with Gasteiger partial charge in [-0.3, -0.25) is 28.8 Å². The second-order valence-corrected chi connectivity index (χ2v) is 22.3. The number of hydrogen-bond acceptors (Lipinski definition) is 17. The van der Waals surface area contributed by atoms with E-state index in [4.69, 9.17) is 33.7 Å². The highest BCUT2D eigenvalue weighted by atomic mass is 16.6. The van der Waals surface area contributed by atoms with Crippen LogP contribution in [-0.2, 0) is 44.6 Å². The minimum atomic E-state index is -1.65. The molecule has 8 N–H and O–H groups in total. The first-order chi connectivity index (χ1) is 39.4. The fourth-order valence-electron chi connectivity index (χ4n) is 8.02. The van der Waals surface area contributed by atoms with Crippen LogP contribution in [0.5, 0.6) is 17.2 Å². The predicted molar refractivity (Wildman–Crippen MR) is 304 cm³/mol. The Balaban J connectivity index is 1.93. The number of nitrogens with one attached hydrogen (secondary N) is 8. The lowest BCUT2D eigenvalue weighted by Crippen LogP contribution is -2.56. The maximum Gasteiger partial charge on any atom is 0.407 e. The normalized spacial score (nSPS) is 15.4. The van der Waals surface area contributed by atoms with Crippen LogP contribution in [0.1, 0.15) is 109 Å². The zero-order chi connectivity index (χ0) is 62.5. The van der Waals surface area contributed by atoms with Gasteiger partial charge in [-0.05, 0) is 136 Å². The number of alkyl carbamates (subject to hydrolysis) is 3. The summed E-state index contributed by atoms with van der Waals surface area (Å²) >= 11 is 0. The Labute approximate surface area is 488 Å². The van der Waals surface area contributed by atoms with E-state index < -0.39 is 108 Å². The number of nitriles is 2. The standard InChI is InChI=1S/C58H77N11O15/c1-34-13-16-38(45(29-34)81-33-46(70)61-23-20-59)49(72)67-41(19-22-63-53(76)82-56(3,4)5)52(75)69(12)47-37-15-18-44(80-28-26-65-55(78)84-58(9,10)11)40(32-37)39-30-36(14-17-43(39)79-27-25-64-54(77)83-57(6,7)8)31-42(50(73)62-24-21-60)68-48(71)35(2)66-51(47)74/h13-18,29-30,32,35,41-42,47H,19,22-28,31,33H2,1-12H3,(H,61,70)(H,62,73)(H,63,76)(H,64,77)(H,65,78)(H,66,74)(H,67,72)(H,68,71)/t35-,41-,42-,47-/m0/s1. The molecule has 84 heavy (non-hydrogen) atoms. The van der Waals surface area contributed by atoms with Crippen LogP contribution < -0.4 is 56.7 Å². The number of fused-ring (bicyclic) bond motifs is 5. The zero-order valence-electron chi connectivity index (χ0n) is 49.5. The number of carbonyl (C=O) groups excluding carboxylic acids is 9. The van der Waals surface area contributed by atoms with Gasteiger partial charge in [0.15, 0.2) is 6.61 Å². The first kappa shape index (κ1) is 67.2. The summed E-state index contributed by atoms with van der Waals surface area (Å²) in [5, 5.41) is 39.0. The molecule has 1 aliphatic rings. The van der Waals surface area contributed by atoms with Crippen LogP contribution in [0.4, 0.5) is 14.4 Å². The number of likely N-dealkylation sites (N-methyl/N-ethyl adjacent to an activating group) is 1. The summed E-state index contributed by atoms with van der Waals surface area (Å²) in [5.41, 5.74) is -0.821. The summed E-state index contributed by atoms with van der Waals surface area (Å²) in [6.07, 6.45) is -2.67. The fourth-order valence-corrected chi connectivity index (χ4v) is 8.02. The lowest BCUT2D eigenvalue weighted by atomic mass is 9.93. The molecule has 0 unspecified atom stereocenters. The number of hydrogen-bond donors (Lipinski definition) is 8.